The van der Waals surface area contributed by atoms with Crippen LogP contribution in [0, 0.1) is 0 Å². The summed E-state index contributed by atoms with van der Waals surface area (Å²) < 4.78 is 95.2. The number of rotatable bonds is 16. The Morgan fingerprint density at radius 1 is 0.409 bits per heavy atom. The summed E-state index contributed by atoms with van der Waals surface area (Å²) in [5.41, 5.74) is 0.251. The molecule has 8 rings (SSSR count). The molecule has 0 aliphatic heterocycles. The predicted octanol–water partition coefficient (Wildman–Crippen LogP) is 4.82. The Morgan fingerprint density at radius 3 is 0.939 bits per heavy atom. The van der Waals surface area contributed by atoms with Gasteiger partial charge in [-0.05, 0) is 83.9 Å². The smallest absolute Gasteiger partial charge is 1.00 e. The number of hydrogen-bond acceptors (Lipinski definition) is 14. The van der Waals surface area contributed by atoms with Gasteiger partial charge in [0.1, 0.15) is 32.8 Å². The van der Waals surface area contributed by atoms with Crippen molar-refractivity contribution in [3.05, 3.63) is 181 Å². The normalized spacial score (nSPS) is 11.1. The van der Waals surface area contributed by atoms with Crippen molar-refractivity contribution < 1.29 is 107 Å². The van der Waals surface area contributed by atoms with E-state index in [1.54, 1.807) is 97.1 Å². The van der Waals surface area contributed by atoms with E-state index in [0.717, 1.165) is 12.1 Å². The van der Waals surface area contributed by atoms with Crippen LogP contribution in [0.3, 0.4) is 0 Å². The van der Waals surface area contributed by atoms with Gasteiger partial charge in [-0.1, -0.05) is 97.1 Å². The largest absolute Gasteiger partial charge is 1.00 e. The number of anilines is 4. The third kappa shape index (κ3) is 13.7. The third-order valence-electron chi connectivity index (χ3n) is 8.76. The van der Waals surface area contributed by atoms with Crippen LogP contribution >= 0.6 is 0 Å². The summed E-state index contributed by atoms with van der Waals surface area (Å²) >= 11 is 0. The Labute approximate surface area is 426 Å². The monoisotopic (exact) mass is 942 g/mol. The molecule has 0 amide bonds. The molecule has 0 fully saturated rings. The summed E-state index contributed by atoms with van der Waals surface area (Å²) in [4.78, 5) is 16.6. The van der Waals surface area contributed by atoms with E-state index in [-0.39, 0.29) is 120 Å². The molecule has 0 bridgehead atoms. The molecule has 66 heavy (non-hydrogen) atoms. The van der Waals surface area contributed by atoms with Crippen LogP contribution in [0.25, 0.3) is 12.2 Å². The molecule has 0 radical (unpaired) electrons. The van der Waals surface area contributed by atoms with E-state index in [0.29, 0.717) is 23.0 Å². The van der Waals surface area contributed by atoms with Crippen LogP contribution in [0.4, 0.5) is 23.3 Å². The molecule has 16 nitrogen and oxygen atoms in total. The van der Waals surface area contributed by atoms with Crippen LogP contribution in [0.1, 0.15) is 14.0 Å². The molecule has 8 aromatic rings. The van der Waals surface area contributed by atoms with E-state index in [1.807, 2.05) is 24.3 Å². The molecule has 0 saturated heterocycles. The second-order valence-electron chi connectivity index (χ2n) is 13.4. The second-order valence-corrected chi connectivity index (χ2v) is 16.2. The van der Waals surface area contributed by atoms with E-state index < -0.39 is 30.0 Å². The molecule has 2 heterocycles. The molecular formula is C46H36N6Na2O10S2. The van der Waals surface area contributed by atoms with Crippen molar-refractivity contribution in [3.63, 3.8) is 0 Å². The van der Waals surface area contributed by atoms with Gasteiger partial charge in [0.05, 0.1) is 12.1 Å². The Kier molecular flexibility index (Phi) is 16.7. The number of nitrogens with zero attached hydrogens (tertiary/aromatic N) is 4. The van der Waals surface area contributed by atoms with Gasteiger partial charge in [-0.2, -0.15) is 36.8 Å². The van der Waals surface area contributed by atoms with Crippen LogP contribution in [0.15, 0.2) is 180 Å². The molecule has 0 aliphatic carbocycles. The standard InChI is InChI=1S/C46H34N6O10S2.2Na.2H/c53-63(54,55)39-27-33(47-45-49-41(59-35-13-5-1-6-14-35)29-42(50-45)60-36-15-7-2-8-16-36)25-23-31(39)21-22-32-24-26-34(28-40(32)64(56,57)58)48-46-51-43(61-37-17-9-3-10-18-37)30-44(52-46)62-38-19-11-4-12-20-38;;;;/h1-30H,(H,47,49,50)(H,48,51,52)(H,53,54,55)(H,56,57,58);;;;/q;2*+1;2*-1. The minimum absolute atomic E-state index is 0. The Hall–Kier alpha value is -6.16. The van der Waals surface area contributed by atoms with Gasteiger partial charge in [-0.25, -0.2) is 0 Å². The Morgan fingerprint density at radius 2 is 0.682 bits per heavy atom. The maximum atomic E-state index is 12.7. The molecule has 324 valence electrons. The molecular weight excluding hydrogens is 907 g/mol. The first-order chi connectivity index (χ1) is 30.9. The zero-order chi connectivity index (χ0) is 44.5. The van der Waals surface area contributed by atoms with Gasteiger partial charge in [-0.3, -0.25) is 9.11 Å². The van der Waals surface area contributed by atoms with Crippen LogP contribution < -0.4 is 88.7 Å². The van der Waals surface area contributed by atoms with Crippen molar-refractivity contribution >= 4 is 55.7 Å². The van der Waals surface area contributed by atoms with Gasteiger partial charge in [-0.15, -0.1) is 0 Å². The number of ether oxygens (including phenoxy) is 4. The molecule has 0 spiro atoms. The van der Waals surface area contributed by atoms with Gasteiger partial charge in [0, 0.05) is 11.4 Å². The van der Waals surface area contributed by atoms with Crippen LogP contribution in [-0.2, 0) is 20.2 Å². The molecule has 0 atom stereocenters. The van der Waals surface area contributed by atoms with Crippen molar-refractivity contribution in [1.82, 2.24) is 19.9 Å². The van der Waals surface area contributed by atoms with E-state index >= 15 is 0 Å². The van der Waals surface area contributed by atoms with Gasteiger partial charge >= 0.3 is 59.1 Å². The Bertz CT molecular complexity index is 2860. The first-order valence-corrected chi connectivity index (χ1v) is 21.9. The van der Waals surface area contributed by atoms with Crippen LogP contribution in [0.2, 0.25) is 0 Å². The summed E-state index contributed by atoms with van der Waals surface area (Å²) in [7, 11) is -9.74. The number of para-hydroxylation sites is 4. The molecule has 6 aromatic carbocycles. The first kappa shape index (κ1) is 49.3. The molecule has 4 N–H and O–H groups in total. The maximum absolute atomic E-state index is 12.7. The number of benzene rings is 6. The van der Waals surface area contributed by atoms with E-state index in [2.05, 4.69) is 30.6 Å². The minimum atomic E-state index is -4.87. The number of nitrogens with one attached hydrogen (secondary N) is 2. The van der Waals surface area contributed by atoms with Gasteiger partial charge < -0.3 is 32.4 Å². The first-order valence-electron chi connectivity index (χ1n) is 19.0. The summed E-state index contributed by atoms with van der Waals surface area (Å²) in [6.07, 6.45) is 2.53. The van der Waals surface area contributed by atoms with E-state index in [9.17, 15) is 25.9 Å². The number of hydrogen-bond donors (Lipinski definition) is 4. The van der Waals surface area contributed by atoms with Gasteiger partial charge in [0.15, 0.2) is 0 Å². The fourth-order valence-corrected chi connectivity index (χ4v) is 7.37. The maximum Gasteiger partial charge on any atom is 1.00 e. The topological polar surface area (TPSA) is 221 Å². The SMILES string of the molecule is O=S(=O)(O)c1cc(Nc2nc(Oc3ccccc3)cc(Oc3ccccc3)n2)ccc1C=Cc1ccc(Nc2nc(Oc3ccccc3)cc(Oc3ccccc3)n2)cc1S(=O)(=O)O.[H-].[H-].[Na+].[Na+]. The zero-order valence-corrected chi connectivity index (χ0v) is 40.7. The van der Waals surface area contributed by atoms with Crippen molar-refractivity contribution in [2.75, 3.05) is 10.6 Å². The minimum Gasteiger partial charge on any atom is -1.00 e. The van der Waals surface area contributed by atoms with Crippen molar-refractivity contribution in [2.45, 2.75) is 9.79 Å². The van der Waals surface area contributed by atoms with Crippen LogP contribution in [-0.4, -0.2) is 45.9 Å². The average Bonchev–Trinajstić information content (AvgIpc) is 3.27. The average molecular weight is 943 g/mol. The summed E-state index contributed by atoms with van der Waals surface area (Å²) in [5, 5.41) is 5.86. The molecule has 0 aliphatic rings. The predicted molar refractivity (Wildman–Crippen MR) is 240 cm³/mol. The fraction of sp³-hybridized carbons (Fsp3) is 0. The summed E-state index contributed by atoms with van der Waals surface area (Å²) in [5.74, 6) is 2.33. The molecule has 0 unspecified atom stereocenters. The zero-order valence-electron chi connectivity index (χ0n) is 37.1. The van der Waals surface area contributed by atoms with Gasteiger partial charge in [0.2, 0.25) is 35.4 Å². The van der Waals surface area contributed by atoms with E-state index in [4.69, 9.17) is 18.9 Å². The van der Waals surface area contributed by atoms with Crippen LogP contribution in [0.5, 0.6) is 46.5 Å². The van der Waals surface area contributed by atoms with Crippen molar-refractivity contribution in [1.29, 1.82) is 0 Å². The number of aromatic nitrogens is 4. The van der Waals surface area contributed by atoms with Crippen molar-refractivity contribution in [2.24, 2.45) is 0 Å². The van der Waals surface area contributed by atoms with Gasteiger partial charge in [0.25, 0.3) is 20.2 Å². The fourth-order valence-electron chi connectivity index (χ4n) is 5.95. The molecule has 0 saturated carbocycles. The third-order valence-corrected chi connectivity index (χ3v) is 10.6. The second kappa shape index (κ2) is 22.4. The quantitative estimate of drug-likeness (QED) is 0.0580. The summed E-state index contributed by atoms with van der Waals surface area (Å²) in [6.45, 7) is 0. The Balaban J connectivity index is 0.00000252. The summed E-state index contributed by atoms with van der Waals surface area (Å²) in [6, 6.07) is 46.5. The van der Waals surface area contributed by atoms with Crippen molar-refractivity contribution in [3.8, 4) is 46.5 Å². The van der Waals surface area contributed by atoms with E-state index in [1.165, 1.54) is 48.6 Å². The molecule has 20 heteroatoms. The molecule has 2 aromatic heterocycles.